The topological polar surface area (TPSA) is 47.0 Å². The number of hydrogen-bond acceptors (Lipinski definition) is 4. The van der Waals surface area contributed by atoms with Crippen LogP contribution in [0.25, 0.3) is 10.9 Å². The van der Waals surface area contributed by atoms with E-state index in [1.165, 1.54) is 0 Å². The number of nitrogens with zero attached hydrogens (tertiary/aromatic N) is 2. The number of methoxy groups -OCH3 is 1. The maximum atomic E-state index is 6.01. The second-order valence-corrected chi connectivity index (χ2v) is 5.34. The SMILES string of the molecule is COc1ccc([C@H](C)Nc2nc(Cl)nc3ccccc23)cc1. The Morgan fingerprint density at radius 1 is 1.05 bits per heavy atom. The zero-order chi connectivity index (χ0) is 15.5. The lowest BCUT2D eigenvalue weighted by Gasteiger charge is -2.16. The summed E-state index contributed by atoms with van der Waals surface area (Å²) in [6.07, 6.45) is 0. The molecule has 1 aromatic heterocycles. The Bertz CT molecular complexity index is 790. The van der Waals surface area contributed by atoms with Crippen LogP contribution in [0.5, 0.6) is 5.75 Å². The molecule has 3 aromatic rings. The number of hydrogen-bond donors (Lipinski definition) is 1. The zero-order valence-electron chi connectivity index (χ0n) is 12.4. The molecule has 3 rings (SSSR count). The smallest absolute Gasteiger partial charge is 0.224 e. The van der Waals surface area contributed by atoms with Crippen molar-refractivity contribution >= 4 is 28.3 Å². The van der Waals surface area contributed by atoms with Crippen molar-refractivity contribution in [1.82, 2.24) is 9.97 Å². The van der Waals surface area contributed by atoms with Crippen molar-refractivity contribution in [3.05, 3.63) is 59.4 Å². The van der Waals surface area contributed by atoms with Gasteiger partial charge in [-0.1, -0.05) is 24.3 Å². The number of benzene rings is 2. The predicted octanol–water partition coefficient (Wildman–Crippen LogP) is 4.46. The van der Waals surface area contributed by atoms with Crippen LogP contribution in [0.2, 0.25) is 5.28 Å². The van der Waals surface area contributed by atoms with Crippen LogP contribution < -0.4 is 10.1 Å². The number of fused-ring (bicyclic) bond motifs is 1. The van der Waals surface area contributed by atoms with Crippen molar-refractivity contribution in [1.29, 1.82) is 0 Å². The van der Waals surface area contributed by atoms with Crippen molar-refractivity contribution in [3.8, 4) is 5.75 Å². The summed E-state index contributed by atoms with van der Waals surface area (Å²) < 4.78 is 5.18. The second kappa shape index (κ2) is 6.20. The molecular weight excluding hydrogens is 298 g/mol. The fraction of sp³-hybridized carbons (Fsp3) is 0.176. The molecule has 1 N–H and O–H groups in total. The van der Waals surface area contributed by atoms with Crippen LogP contribution in [-0.2, 0) is 0 Å². The molecule has 0 aliphatic carbocycles. The van der Waals surface area contributed by atoms with Crippen LogP contribution in [0.4, 0.5) is 5.82 Å². The van der Waals surface area contributed by atoms with E-state index in [-0.39, 0.29) is 11.3 Å². The van der Waals surface area contributed by atoms with E-state index < -0.39 is 0 Å². The number of para-hydroxylation sites is 1. The number of anilines is 1. The minimum Gasteiger partial charge on any atom is -0.497 e. The average molecular weight is 314 g/mol. The molecule has 0 spiro atoms. The molecule has 5 heteroatoms. The highest BCUT2D eigenvalue weighted by molar-refractivity contribution is 6.28. The van der Waals surface area contributed by atoms with Crippen LogP contribution in [-0.4, -0.2) is 17.1 Å². The summed E-state index contributed by atoms with van der Waals surface area (Å²) in [7, 11) is 1.66. The number of aromatic nitrogens is 2. The van der Waals surface area contributed by atoms with E-state index in [9.17, 15) is 0 Å². The summed E-state index contributed by atoms with van der Waals surface area (Å²) in [6.45, 7) is 2.08. The average Bonchev–Trinajstić information content (AvgIpc) is 2.54. The number of halogens is 1. The quantitative estimate of drug-likeness (QED) is 0.722. The van der Waals surface area contributed by atoms with Crippen molar-refractivity contribution < 1.29 is 4.74 Å². The molecule has 0 aliphatic rings. The van der Waals surface area contributed by atoms with Crippen molar-refractivity contribution in [3.63, 3.8) is 0 Å². The molecule has 22 heavy (non-hydrogen) atoms. The minimum atomic E-state index is 0.0836. The third kappa shape index (κ3) is 2.97. The van der Waals surface area contributed by atoms with Gasteiger partial charge in [-0.15, -0.1) is 0 Å². The first kappa shape index (κ1) is 14.6. The highest BCUT2D eigenvalue weighted by atomic mass is 35.5. The first-order chi connectivity index (χ1) is 10.7. The molecule has 4 nitrogen and oxygen atoms in total. The van der Waals surface area contributed by atoms with Crippen LogP contribution in [0.1, 0.15) is 18.5 Å². The Morgan fingerprint density at radius 2 is 1.77 bits per heavy atom. The Labute approximate surface area is 134 Å². The minimum absolute atomic E-state index is 0.0836. The van der Waals surface area contributed by atoms with E-state index in [1.54, 1.807) is 7.11 Å². The van der Waals surface area contributed by atoms with Gasteiger partial charge in [0.25, 0.3) is 0 Å². The van der Waals surface area contributed by atoms with Gasteiger partial charge in [-0.2, -0.15) is 0 Å². The maximum absolute atomic E-state index is 6.01. The summed E-state index contributed by atoms with van der Waals surface area (Å²) in [5, 5.41) is 4.59. The number of nitrogens with one attached hydrogen (secondary N) is 1. The van der Waals surface area contributed by atoms with Gasteiger partial charge < -0.3 is 10.1 Å². The van der Waals surface area contributed by atoms with Crippen LogP contribution in [0, 0.1) is 0 Å². The van der Waals surface area contributed by atoms with Gasteiger partial charge in [0.05, 0.1) is 12.6 Å². The Hall–Kier alpha value is -2.33. The highest BCUT2D eigenvalue weighted by Crippen LogP contribution is 2.26. The van der Waals surface area contributed by atoms with E-state index in [0.29, 0.717) is 0 Å². The van der Waals surface area contributed by atoms with E-state index in [2.05, 4.69) is 22.2 Å². The van der Waals surface area contributed by atoms with Gasteiger partial charge in [-0.3, -0.25) is 0 Å². The maximum Gasteiger partial charge on any atom is 0.224 e. The van der Waals surface area contributed by atoms with E-state index in [1.807, 2.05) is 48.5 Å². The third-order valence-corrected chi connectivity index (χ3v) is 3.71. The number of ether oxygens (including phenoxy) is 1. The van der Waals surface area contributed by atoms with Gasteiger partial charge in [-0.05, 0) is 48.4 Å². The van der Waals surface area contributed by atoms with Gasteiger partial charge >= 0.3 is 0 Å². The van der Waals surface area contributed by atoms with E-state index in [4.69, 9.17) is 16.3 Å². The third-order valence-electron chi connectivity index (χ3n) is 3.54. The van der Waals surface area contributed by atoms with Gasteiger partial charge in [0, 0.05) is 11.4 Å². The molecule has 0 bridgehead atoms. The molecule has 0 saturated heterocycles. The van der Waals surface area contributed by atoms with Gasteiger partial charge in [0.15, 0.2) is 0 Å². The highest BCUT2D eigenvalue weighted by Gasteiger charge is 2.11. The summed E-state index contributed by atoms with van der Waals surface area (Å²) in [5.41, 5.74) is 1.96. The molecule has 0 aliphatic heterocycles. The summed E-state index contributed by atoms with van der Waals surface area (Å²) in [4.78, 5) is 8.56. The molecule has 1 heterocycles. The molecule has 0 amide bonds. The van der Waals surface area contributed by atoms with E-state index in [0.717, 1.165) is 28.0 Å². The summed E-state index contributed by atoms with van der Waals surface area (Å²) >= 11 is 6.01. The van der Waals surface area contributed by atoms with Crippen molar-refractivity contribution in [2.75, 3.05) is 12.4 Å². The molecular formula is C17H16ClN3O. The molecule has 1 atom stereocenters. The predicted molar refractivity (Wildman–Crippen MR) is 89.6 cm³/mol. The van der Waals surface area contributed by atoms with Crippen molar-refractivity contribution in [2.24, 2.45) is 0 Å². The summed E-state index contributed by atoms with van der Waals surface area (Å²) in [5.74, 6) is 1.57. The zero-order valence-corrected chi connectivity index (χ0v) is 13.1. The lowest BCUT2D eigenvalue weighted by Crippen LogP contribution is -2.09. The standard InChI is InChI=1S/C17H16ClN3O/c1-11(12-7-9-13(22-2)10-8-12)19-16-14-5-3-4-6-15(14)20-17(18)21-16/h3-11H,1-2H3,(H,19,20,21)/t11-/m0/s1. The normalized spacial score (nSPS) is 12.1. The fourth-order valence-corrected chi connectivity index (χ4v) is 2.51. The monoisotopic (exact) mass is 313 g/mol. The number of rotatable bonds is 4. The first-order valence-electron chi connectivity index (χ1n) is 7.00. The molecule has 2 aromatic carbocycles. The lowest BCUT2D eigenvalue weighted by molar-refractivity contribution is 0.414. The molecule has 0 unspecified atom stereocenters. The fourth-order valence-electron chi connectivity index (χ4n) is 2.34. The Morgan fingerprint density at radius 3 is 2.50 bits per heavy atom. The van der Waals surface area contributed by atoms with Crippen LogP contribution >= 0.6 is 11.6 Å². The second-order valence-electron chi connectivity index (χ2n) is 5.00. The van der Waals surface area contributed by atoms with Crippen LogP contribution in [0.15, 0.2) is 48.5 Å². The Balaban J connectivity index is 1.91. The van der Waals surface area contributed by atoms with Gasteiger partial charge in [0.1, 0.15) is 11.6 Å². The summed E-state index contributed by atoms with van der Waals surface area (Å²) in [6, 6.07) is 15.8. The molecule has 0 fully saturated rings. The van der Waals surface area contributed by atoms with Gasteiger partial charge in [0.2, 0.25) is 5.28 Å². The lowest BCUT2D eigenvalue weighted by atomic mass is 10.1. The molecule has 112 valence electrons. The first-order valence-corrected chi connectivity index (χ1v) is 7.38. The van der Waals surface area contributed by atoms with Crippen LogP contribution in [0.3, 0.4) is 0 Å². The van der Waals surface area contributed by atoms with Gasteiger partial charge in [-0.25, -0.2) is 9.97 Å². The largest absolute Gasteiger partial charge is 0.497 e. The molecule has 0 radical (unpaired) electrons. The Kier molecular flexibility index (Phi) is 4.11. The van der Waals surface area contributed by atoms with E-state index >= 15 is 0 Å². The van der Waals surface area contributed by atoms with Crippen molar-refractivity contribution in [2.45, 2.75) is 13.0 Å². The molecule has 0 saturated carbocycles.